The monoisotopic (exact) mass is 418 g/mol. The van der Waals surface area contributed by atoms with E-state index in [-0.39, 0.29) is 24.0 Å². The average Bonchev–Trinajstić information content (AvgIpc) is 3.15. The van der Waals surface area contributed by atoms with Crippen LogP contribution in [0.3, 0.4) is 0 Å². The summed E-state index contributed by atoms with van der Waals surface area (Å²) in [5.41, 5.74) is 1.15. The van der Waals surface area contributed by atoms with E-state index < -0.39 is 0 Å². The SMILES string of the molecule is CN=C(NCc1ccnn1C)NC1CN(C2CC2)CC1C.I. The Morgan fingerprint density at radius 3 is 2.77 bits per heavy atom. The van der Waals surface area contributed by atoms with Crippen molar-refractivity contribution < 1.29 is 0 Å². The van der Waals surface area contributed by atoms with E-state index in [0.29, 0.717) is 12.0 Å². The number of nitrogens with zero attached hydrogens (tertiary/aromatic N) is 4. The first-order valence-electron chi connectivity index (χ1n) is 7.85. The average molecular weight is 418 g/mol. The Morgan fingerprint density at radius 1 is 1.41 bits per heavy atom. The molecule has 124 valence electrons. The molecule has 1 aliphatic heterocycles. The van der Waals surface area contributed by atoms with Crippen LogP contribution >= 0.6 is 24.0 Å². The number of hydrogen-bond acceptors (Lipinski definition) is 3. The summed E-state index contributed by atoms with van der Waals surface area (Å²) in [7, 11) is 3.79. The maximum atomic E-state index is 4.35. The van der Waals surface area contributed by atoms with Gasteiger partial charge in [-0.25, -0.2) is 0 Å². The lowest BCUT2D eigenvalue weighted by molar-refractivity contribution is 0.315. The van der Waals surface area contributed by atoms with Crippen LogP contribution in [0.25, 0.3) is 0 Å². The molecule has 2 aliphatic rings. The Kier molecular flexibility index (Phi) is 6.08. The maximum absolute atomic E-state index is 4.35. The molecule has 7 heteroatoms. The highest BCUT2D eigenvalue weighted by molar-refractivity contribution is 14.0. The van der Waals surface area contributed by atoms with Gasteiger partial charge in [-0.3, -0.25) is 14.6 Å². The summed E-state index contributed by atoms with van der Waals surface area (Å²) >= 11 is 0. The van der Waals surface area contributed by atoms with Crippen LogP contribution in [0.5, 0.6) is 0 Å². The van der Waals surface area contributed by atoms with Crippen LogP contribution in [0, 0.1) is 5.92 Å². The van der Waals surface area contributed by atoms with E-state index in [4.69, 9.17) is 0 Å². The van der Waals surface area contributed by atoms with Gasteiger partial charge in [0.1, 0.15) is 0 Å². The molecule has 0 bridgehead atoms. The van der Waals surface area contributed by atoms with Gasteiger partial charge in [0.05, 0.1) is 12.2 Å². The van der Waals surface area contributed by atoms with E-state index >= 15 is 0 Å². The van der Waals surface area contributed by atoms with Gasteiger partial charge in [-0.2, -0.15) is 5.10 Å². The summed E-state index contributed by atoms with van der Waals surface area (Å²) in [5.74, 6) is 1.55. The normalized spacial score (nSPS) is 25.9. The molecule has 2 fully saturated rings. The fourth-order valence-corrected chi connectivity index (χ4v) is 3.05. The molecule has 2 unspecified atom stereocenters. The molecule has 1 saturated carbocycles. The molecule has 6 nitrogen and oxygen atoms in total. The lowest BCUT2D eigenvalue weighted by atomic mass is 10.1. The van der Waals surface area contributed by atoms with Gasteiger partial charge in [-0.15, -0.1) is 24.0 Å². The first kappa shape index (κ1) is 17.5. The minimum atomic E-state index is 0. The number of guanidine groups is 1. The highest BCUT2D eigenvalue weighted by Crippen LogP contribution is 2.31. The Balaban J connectivity index is 0.00000176. The van der Waals surface area contributed by atoms with Crippen molar-refractivity contribution in [1.29, 1.82) is 0 Å². The summed E-state index contributed by atoms with van der Waals surface area (Å²) in [6, 6.07) is 3.36. The summed E-state index contributed by atoms with van der Waals surface area (Å²) in [5, 5.41) is 11.1. The van der Waals surface area contributed by atoms with Gasteiger partial charge in [-0.1, -0.05) is 6.92 Å². The summed E-state index contributed by atoms with van der Waals surface area (Å²) in [6.07, 6.45) is 4.58. The fraction of sp³-hybridized carbons (Fsp3) is 0.733. The predicted octanol–water partition coefficient (Wildman–Crippen LogP) is 1.19. The molecule has 1 aliphatic carbocycles. The fourth-order valence-electron chi connectivity index (χ4n) is 3.05. The number of aliphatic imine (C=N–C) groups is 1. The maximum Gasteiger partial charge on any atom is 0.191 e. The van der Waals surface area contributed by atoms with Gasteiger partial charge in [0, 0.05) is 45.5 Å². The van der Waals surface area contributed by atoms with E-state index in [1.54, 1.807) is 0 Å². The van der Waals surface area contributed by atoms with Crippen molar-refractivity contribution in [2.24, 2.45) is 18.0 Å². The lowest BCUT2D eigenvalue weighted by Gasteiger charge is -2.20. The van der Waals surface area contributed by atoms with Crippen LogP contribution in [0.4, 0.5) is 0 Å². The standard InChI is InChI=1S/C15H26N6.HI/c1-11-9-21(12-4-5-12)10-14(11)19-15(16-2)17-8-13-6-7-18-20(13)3;/h6-7,11-12,14H,4-5,8-10H2,1-3H3,(H2,16,17,19);1H. The molecule has 0 amide bonds. The van der Waals surface area contributed by atoms with Crippen molar-refractivity contribution in [2.75, 3.05) is 20.1 Å². The van der Waals surface area contributed by atoms with Crippen LogP contribution in [-0.2, 0) is 13.6 Å². The van der Waals surface area contributed by atoms with E-state index in [9.17, 15) is 0 Å². The largest absolute Gasteiger partial charge is 0.352 e. The molecule has 2 heterocycles. The highest BCUT2D eigenvalue weighted by atomic mass is 127. The van der Waals surface area contributed by atoms with Gasteiger partial charge >= 0.3 is 0 Å². The van der Waals surface area contributed by atoms with E-state index in [0.717, 1.165) is 30.8 Å². The van der Waals surface area contributed by atoms with E-state index in [1.165, 1.54) is 19.4 Å². The molecule has 22 heavy (non-hydrogen) atoms. The van der Waals surface area contributed by atoms with Gasteiger partial charge in [0.25, 0.3) is 0 Å². The molecular weight excluding hydrogens is 391 g/mol. The Morgan fingerprint density at radius 2 is 2.18 bits per heavy atom. The third kappa shape index (κ3) is 4.13. The molecule has 2 N–H and O–H groups in total. The Labute approximate surface area is 149 Å². The van der Waals surface area contributed by atoms with E-state index in [2.05, 4.69) is 32.5 Å². The number of rotatable bonds is 4. The minimum Gasteiger partial charge on any atom is -0.352 e. The topological polar surface area (TPSA) is 57.5 Å². The third-order valence-corrected chi connectivity index (χ3v) is 4.61. The van der Waals surface area contributed by atoms with Gasteiger partial charge in [0.2, 0.25) is 0 Å². The molecule has 0 radical (unpaired) electrons. The quantitative estimate of drug-likeness (QED) is 0.438. The molecule has 2 atom stereocenters. The first-order chi connectivity index (χ1) is 10.2. The highest BCUT2D eigenvalue weighted by Gasteiger charge is 2.38. The van der Waals surface area contributed by atoms with Gasteiger partial charge in [0.15, 0.2) is 5.96 Å². The summed E-state index contributed by atoms with van der Waals surface area (Å²) in [4.78, 5) is 6.97. The molecule has 1 aromatic rings. The lowest BCUT2D eigenvalue weighted by Crippen LogP contribution is -2.46. The number of halogens is 1. The van der Waals surface area contributed by atoms with Crippen molar-refractivity contribution in [3.05, 3.63) is 18.0 Å². The van der Waals surface area contributed by atoms with Gasteiger partial charge < -0.3 is 10.6 Å². The second kappa shape index (κ2) is 7.63. The van der Waals surface area contributed by atoms with Crippen LogP contribution in [0.1, 0.15) is 25.5 Å². The third-order valence-electron chi connectivity index (χ3n) is 4.61. The number of hydrogen-bond donors (Lipinski definition) is 2. The first-order valence-corrected chi connectivity index (χ1v) is 7.85. The molecule has 3 rings (SSSR count). The smallest absolute Gasteiger partial charge is 0.191 e. The Bertz CT molecular complexity index is 510. The van der Waals surface area contributed by atoms with Gasteiger partial charge in [-0.05, 0) is 24.8 Å². The minimum absolute atomic E-state index is 0. The number of aryl methyl sites for hydroxylation is 1. The van der Waals surface area contributed by atoms with Crippen molar-refractivity contribution in [3.8, 4) is 0 Å². The number of likely N-dealkylation sites (tertiary alicyclic amines) is 1. The van der Waals surface area contributed by atoms with E-state index in [1.807, 2.05) is 31.0 Å². The van der Waals surface area contributed by atoms with Crippen LogP contribution < -0.4 is 10.6 Å². The predicted molar refractivity (Wildman–Crippen MR) is 99.5 cm³/mol. The number of aromatic nitrogens is 2. The molecule has 0 spiro atoms. The van der Waals surface area contributed by atoms with Crippen LogP contribution in [-0.4, -0.2) is 52.9 Å². The second-order valence-corrected chi connectivity index (χ2v) is 6.29. The summed E-state index contributed by atoms with van der Waals surface area (Å²) < 4.78 is 1.88. The van der Waals surface area contributed by atoms with Crippen molar-refractivity contribution in [2.45, 2.75) is 38.4 Å². The van der Waals surface area contributed by atoms with Crippen molar-refractivity contribution in [1.82, 2.24) is 25.3 Å². The van der Waals surface area contributed by atoms with Crippen LogP contribution in [0.2, 0.25) is 0 Å². The molecule has 1 aromatic heterocycles. The van der Waals surface area contributed by atoms with Crippen LogP contribution in [0.15, 0.2) is 17.3 Å². The van der Waals surface area contributed by atoms with Crippen molar-refractivity contribution >= 4 is 29.9 Å². The summed E-state index contributed by atoms with van der Waals surface area (Å²) in [6.45, 7) is 5.41. The zero-order chi connectivity index (χ0) is 14.8. The molecule has 1 saturated heterocycles. The second-order valence-electron chi connectivity index (χ2n) is 6.29. The molecular formula is C15H27IN6. The molecule has 0 aromatic carbocycles. The zero-order valence-electron chi connectivity index (χ0n) is 13.6. The number of nitrogens with one attached hydrogen (secondary N) is 2. The van der Waals surface area contributed by atoms with Crippen molar-refractivity contribution in [3.63, 3.8) is 0 Å². The zero-order valence-corrected chi connectivity index (χ0v) is 15.9. The Hall–Kier alpha value is -0.830.